The SMILES string of the molecule is CCN(CC)C(=O)CCNc1cc(Cl)nc2ncnn12. The van der Waals surface area contributed by atoms with Gasteiger partial charge in [-0.25, -0.2) is 0 Å². The Labute approximate surface area is 122 Å². The number of hydrogen-bond donors (Lipinski definition) is 1. The van der Waals surface area contributed by atoms with Gasteiger partial charge in [0.15, 0.2) is 0 Å². The molecule has 1 N–H and O–H groups in total. The zero-order valence-electron chi connectivity index (χ0n) is 11.5. The Morgan fingerprint density at radius 3 is 2.90 bits per heavy atom. The van der Waals surface area contributed by atoms with E-state index in [1.165, 1.54) is 6.33 Å². The van der Waals surface area contributed by atoms with E-state index >= 15 is 0 Å². The van der Waals surface area contributed by atoms with Crippen LogP contribution in [0.25, 0.3) is 5.78 Å². The lowest BCUT2D eigenvalue weighted by atomic mass is 10.3. The molecule has 0 atom stereocenters. The van der Waals surface area contributed by atoms with Gasteiger partial charge in [-0.15, -0.1) is 0 Å². The first-order valence-electron chi connectivity index (χ1n) is 6.53. The van der Waals surface area contributed by atoms with E-state index in [-0.39, 0.29) is 5.91 Å². The molecule has 20 heavy (non-hydrogen) atoms. The minimum absolute atomic E-state index is 0.123. The second-order valence-electron chi connectivity index (χ2n) is 4.18. The van der Waals surface area contributed by atoms with E-state index in [1.807, 2.05) is 13.8 Å². The highest BCUT2D eigenvalue weighted by molar-refractivity contribution is 6.29. The number of amides is 1. The Hall–Kier alpha value is -1.89. The molecule has 2 rings (SSSR count). The molecule has 0 aliphatic heterocycles. The summed E-state index contributed by atoms with van der Waals surface area (Å²) in [6.07, 6.45) is 1.82. The van der Waals surface area contributed by atoms with Crippen LogP contribution in [-0.4, -0.2) is 50.0 Å². The number of hydrogen-bond acceptors (Lipinski definition) is 5. The van der Waals surface area contributed by atoms with Crippen LogP contribution in [0.4, 0.5) is 5.82 Å². The third-order valence-corrected chi connectivity index (χ3v) is 3.18. The number of nitrogens with one attached hydrogen (secondary N) is 1. The van der Waals surface area contributed by atoms with Crippen molar-refractivity contribution in [2.45, 2.75) is 20.3 Å². The zero-order valence-corrected chi connectivity index (χ0v) is 12.3. The van der Waals surface area contributed by atoms with Gasteiger partial charge < -0.3 is 10.2 Å². The fraction of sp³-hybridized carbons (Fsp3) is 0.500. The maximum absolute atomic E-state index is 11.9. The molecule has 0 saturated heterocycles. The molecule has 0 radical (unpaired) electrons. The van der Waals surface area contributed by atoms with Gasteiger partial charge in [0.05, 0.1) is 0 Å². The highest BCUT2D eigenvalue weighted by Crippen LogP contribution is 2.14. The highest BCUT2D eigenvalue weighted by atomic mass is 35.5. The average molecular weight is 297 g/mol. The van der Waals surface area contributed by atoms with E-state index in [9.17, 15) is 4.79 Å². The first kappa shape index (κ1) is 14.5. The van der Waals surface area contributed by atoms with E-state index in [4.69, 9.17) is 11.6 Å². The molecule has 0 bridgehead atoms. The van der Waals surface area contributed by atoms with Crippen LogP contribution < -0.4 is 5.32 Å². The van der Waals surface area contributed by atoms with Gasteiger partial charge in [0.2, 0.25) is 5.91 Å². The Morgan fingerprint density at radius 1 is 1.45 bits per heavy atom. The van der Waals surface area contributed by atoms with Gasteiger partial charge >= 0.3 is 0 Å². The molecule has 7 nitrogen and oxygen atoms in total. The standard InChI is InChI=1S/C12H17ClN6O/c1-3-18(4-2)11(20)5-6-14-10-7-9(13)17-12-15-8-16-19(10)12/h7-8,14H,3-6H2,1-2H3. The van der Waals surface area contributed by atoms with E-state index in [0.29, 0.717) is 29.7 Å². The van der Waals surface area contributed by atoms with Crippen LogP contribution in [0.5, 0.6) is 0 Å². The van der Waals surface area contributed by atoms with Crippen molar-refractivity contribution in [3.8, 4) is 0 Å². The predicted molar refractivity (Wildman–Crippen MR) is 76.8 cm³/mol. The van der Waals surface area contributed by atoms with Crippen molar-refractivity contribution in [2.24, 2.45) is 0 Å². The molecule has 0 aromatic carbocycles. The third-order valence-electron chi connectivity index (χ3n) is 2.98. The first-order chi connectivity index (χ1) is 9.65. The number of anilines is 1. The monoisotopic (exact) mass is 296 g/mol. The largest absolute Gasteiger partial charge is 0.369 e. The summed E-state index contributed by atoms with van der Waals surface area (Å²) in [6.45, 7) is 5.89. The van der Waals surface area contributed by atoms with Crippen molar-refractivity contribution < 1.29 is 4.79 Å². The molecular formula is C12H17ClN6O. The minimum Gasteiger partial charge on any atom is -0.369 e. The Balaban J connectivity index is 1.99. The van der Waals surface area contributed by atoms with E-state index in [1.54, 1.807) is 15.5 Å². The molecule has 2 heterocycles. The number of halogens is 1. The lowest BCUT2D eigenvalue weighted by Crippen LogP contribution is -2.31. The topological polar surface area (TPSA) is 75.4 Å². The Bertz CT molecular complexity index is 595. The maximum atomic E-state index is 11.9. The lowest BCUT2D eigenvalue weighted by molar-refractivity contribution is -0.130. The summed E-state index contributed by atoms with van der Waals surface area (Å²) < 4.78 is 1.55. The second-order valence-corrected chi connectivity index (χ2v) is 4.57. The summed E-state index contributed by atoms with van der Waals surface area (Å²) >= 11 is 5.91. The van der Waals surface area contributed by atoms with Crippen LogP contribution in [0.3, 0.4) is 0 Å². The van der Waals surface area contributed by atoms with Gasteiger partial charge in [-0.1, -0.05) is 11.6 Å². The van der Waals surface area contributed by atoms with Gasteiger partial charge in [-0.3, -0.25) is 4.79 Å². The highest BCUT2D eigenvalue weighted by Gasteiger charge is 2.10. The Morgan fingerprint density at radius 2 is 2.20 bits per heavy atom. The van der Waals surface area contributed by atoms with Crippen molar-refractivity contribution in [1.82, 2.24) is 24.5 Å². The summed E-state index contributed by atoms with van der Waals surface area (Å²) in [5.74, 6) is 1.22. The average Bonchev–Trinajstić information content (AvgIpc) is 2.88. The van der Waals surface area contributed by atoms with Crippen LogP contribution in [0, 0.1) is 0 Å². The number of nitrogens with zero attached hydrogens (tertiary/aromatic N) is 5. The molecule has 0 fully saturated rings. The van der Waals surface area contributed by atoms with E-state index in [0.717, 1.165) is 13.1 Å². The zero-order chi connectivity index (χ0) is 14.5. The van der Waals surface area contributed by atoms with Crippen LogP contribution in [0.2, 0.25) is 5.15 Å². The quantitative estimate of drug-likeness (QED) is 0.817. The van der Waals surface area contributed by atoms with Gasteiger partial charge in [0, 0.05) is 32.1 Å². The smallest absolute Gasteiger partial charge is 0.255 e. The summed E-state index contributed by atoms with van der Waals surface area (Å²) in [6, 6.07) is 1.66. The van der Waals surface area contributed by atoms with E-state index in [2.05, 4.69) is 20.4 Å². The summed E-state index contributed by atoms with van der Waals surface area (Å²) in [4.78, 5) is 21.7. The molecule has 0 saturated carbocycles. The molecule has 108 valence electrons. The molecule has 2 aromatic rings. The van der Waals surface area contributed by atoms with Crippen molar-refractivity contribution in [3.63, 3.8) is 0 Å². The van der Waals surface area contributed by atoms with Crippen LogP contribution in [-0.2, 0) is 4.79 Å². The van der Waals surface area contributed by atoms with Crippen molar-refractivity contribution in [3.05, 3.63) is 17.5 Å². The summed E-state index contributed by atoms with van der Waals surface area (Å²) in [5, 5.41) is 7.52. The van der Waals surface area contributed by atoms with Gasteiger partial charge in [-0.05, 0) is 13.8 Å². The molecule has 2 aromatic heterocycles. The lowest BCUT2D eigenvalue weighted by Gasteiger charge is -2.18. The molecule has 0 aliphatic rings. The normalized spacial score (nSPS) is 10.8. The molecular weight excluding hydrogens is 280 g/mol. The van der Waals surface area contributed by atoms with Crippen LogP contribution in [0.15, 0.2) is 12.4 Å². The van der Waals surface area contributed by atoms with Gasteiger partial charge in [0.1, 0.15) is 17.3 Å². The summed E-state index contributed by atoms with van der Waals surface area (Å²) in [5.41, 5.74) is 0. The number of carbonyl (C=O) groups excluding carboxylic acids is 1. The van der Waals surface area contributed by atoms with E-state index < -0.39 is 0 Å². The third kappa shape index (κ3) is 3.16. The number of carbonyl (C=O) groups is 1. The van der Waals surface area contributed by atoms with Gasteiger partial charge in [0.25, 0.3) is 5.78 Å². The predicted octanol–water partition coefficient (Wildman–Crippen LogP) is 1.45. The van der Waals surface area contributed by atoms with Crippen LogP contribution in [0.1, 0.15) is 20.3 Å². The number of rotatable bonds is 6. The number of aromatic nitrogens is 4. The molecule has 0 unspecified atom stereocenters. The molecule has 0 spiro atoms. The fourth-order valence-corrected chi connectivity index (χ4v) is 2.12. The Kier molecular flexibility index (Phi) is 4.73. The fourth-order valence-electron chi connectivity index (χ4n) is 1.94. The molecule has 8 heteroatoms. The number of fused-ring (bicyclic) bond motifs is 1. The van der Waals surface area contributed by atoms with Crippen LogP contribution >= 0.6 is 11.6 Å². The maximum Gasteiger partial charge on any atom is 0.255 e. The van der Waals surface area contributed by atoms with Gasteiger partial charge in [-0.2, -0.15) is 19.6 Å². The summed E-state index contributed by atoms with van der Waals surface area (Å²) in [7, 11) is 0. The van der Waals surface area contributed by atoms with Crippen molar-refractivity contribution in [2.75, 3.05) is 25.0 Å². The van der Waals surface area contributed by atoms with Crippen molar-refractivity contribution in [1.29, 1.82) is 0 Å². The second kappa shape index (κ2) is 6.51. The first-order valence-corrected chi connectivity index (χ1v) is 6.91. The van der Waals surface area contributed by atoms with Crippen molar-refractivity contribution >= 4 is 29.1 Å². The molecule has 0 aliphatic carbocycles. The minimum atomic E-state index is 0.123. The molecule has 1 amide bonds.